The van der Waals surface area contributed by atoms with Gasteiger partial charge in [0.1, 0.15) is 5.69 Å². The predicted octanol–water partition coefficient (Wildman–Crippen LogP) is 7.50. The van der Waals surface area contributed by atoms with Crippen LogP contribution in [-0.4, -0.2) is 22.2 Å². The zero-order chi connectivity index (χ0) is 26.8. The summed E-state index contributed by atoms with van der Waals surface area (Å²) < 4.78 is 12.7. The molecule has 0 aliphatic heterocycles. The highest BCUT2D eigenvalue weighted by atomic mass is 35.5. The summed E-state index contributed by atoms with van der Waals surface area (Å²) in [5.74, 6) is -0.624. The first-order valence-electron chi connectivity index (χ1n) is 8.58. The minimum atomic E-state index is -0.646. The van der Waals surface area contributed by atoms with E-state index in [1.807, 2.05) is 6.07 Å². The number of aliphatic hydroxyl groups excluding tert-OH is 1. The Morgan fingerprint density at radius 3 is 1.71 bits per heavy atom. The highest BCUT2D eigenvalue weighted by molar-refractivity contribution is 6.34. The molecule has 1 N–H and O–H groups in total. The molecule has 180 valence electrons. The molecule has 0 bridgehead atoms. The van der Waals surface area contributed by atoms with Crippen LogP contribution in [0.1, 0.15) is 0 Å². The summed E-state index contributed by atoms with van der Waals surface area (Å²) in [7, 11) is 0. The maximum absolute atomic E-state index is 12.7. The zero-order valence-electron chi connectivity index (χ0n) is 17.0. The second-order valence-electron chi connectivity index (χ2n) is 5.43. The summed E-state index contributed by atoms with van der Waals surface area (Å²) in [4.78, 5) is 35.6. The van der Waals surface area contributed by atoms with Crippen molar-refractivity contribution in [3.63, 3.8) is 0 Å². The van der Waals surface area contributed by atoms with Crippen LogP contribution in [0.15, 0.2) is 70.6 Å². The fraction of sp³-hybridized carbons (Fsp3) is 0. The van der Waals surface area contributed by atoms with Crippen LogP contribution in [0.25, 0.3) is 0 Å². The van der Waals surface area contributed by atoms with Gasteiger partial charge < -0.3 is 5.11 Å². The molecule has 0 spiro atoms. The van der Waals surface area contributed by atoms with Gasteiger partial charge in [-0.15, -0.1) is 0 Å². The Labute approximate surface area is 217 Å². The first-order chi connectivity index (χ1) is 16.6. The van der Waals surface area contributed by atoms with E-state index >= 15 is 0 Å². The number of aliphatic imine (C=N–C) groups is 2. The van der Waals surface area contributed by atoms with Crippen molar-refractivity contribution in [2.24, 2.45) is 9.98 Å². The van der Waals surface area contributed by atoms with E-state index in [0.717, 1.165) is 12.3 Å². The molecule has 0 fully saturated rings. The highest BCUT2D eigenvalue weighted by Gasteiger charge is 2.12. The van der Waals surface area contributed by atoms with Gasteiger partial charge in [0.05, 0.1) is 4.92 Å². The third-order valence-electron chi connectivity index (χ3n) is 3.16. The molecule has 3 aromatic carbocycles. The topological polar surface area (TPSA) is 146 Å². The van der Waals surface area contributed by atoms with Gasteiger partial charge in [-0.25, -0.2) is 14.0 Å². The Morgan fingerprint density at radius 2 is 1.29 bits per heavy atom. The van der Waals surface area contributed by atoms with Crippen molar-refractivity contribution >= 4 is 75.6 Å². The number of rotatable bonds is 3. The van der Waals surface area contributed by atoms with E-state index in [4.69, 9.17) is 56.8 Å². The Kier molecular flexibility index (Phi) is 15.7. The van der Waals surface area contributed by atoms with E-state index in [2.05, 4.69) is 9.98 Å². The Bertz CT molecular complexity index is 1270. The summed E-state index contributed by atoms with van der Waals surface area (Å²) in [6, 6.07) is 14.7. The van der Waals surface area contributed by atoms with E-state index in [1.165, 1.54) is 42.5 Å². The third-order valence-corrected chi connectivity index (χ3v) is 4.10. The lowest BCUT2D eigenvalue weighted by Crippen LogP contribution is -1.87. The largest absolute Gasteiger partial charge is 0.443 e. The maximum Gasteiger partial charge on any atom is 0.295 e. The summed E-state index contributed by atoms with van der Waals surface area (Å²) in [5.41, 5.74) is -0.412. The van der Waals surface area contributed by atoms with Gasteiger partial charge in [0.2, 0.25) is 12.2 Å². The number of hydrogen-bond acceptors (Lipinski definition) is 8. The molecule has 0 atom stereocenters. The quantitative estimate of drug-likeness (QED) is 0.115. The van der Waals surface area contributed by atoms with Crippen molar-refractivity contribution in [1.29, 1.82) is 5.26 Å². The molecule has 0 amide bonds. The van der Waals surface area contributed by atoms with Crippen molar-refractivity contribution in [2.75, 3.05) is 0 Å². The standard InChI is InChI=1S/C7H3ClFNO.C7H3ClN2O3.C6H4Cl2.CHNO/c8-5-1-2-7(10-4-11)6(9)3-5;8-5-1-2-7(10(12)13)6(3-5)9-4-11;7-5-2-1-3-6(8)4-5;2-1-3/h1-3H;1-3H;1-4H;3H. The number of nitro benzene ring substituents is 1. The van der Waals surface area contributed by atoms with E-state index in [9.17, 15) is 24.1 Å². The molecule has 0 saturated carbocycles. The Balaban J connectivity index is 0.000000479. The number of isocyanates is 2. The molecule has 35 heavy (non-hydrogen) atoms. The maximum atomic E-state index is 12.7. The van der Waals surface area contributed by atoms with Crippen LogP contribution < -0.4 is 0 Å². The van der Waals surface area contributed by atoms with Crippen LogP contribution in [0.3, 0.4) is 0 Å². The van der Waals surface area contributed by atoms with Crippen LogP contribution in [0, 0.1) is 27.4 Å². The van der Waals surface area contributed by atoms with E-state index in [1.54, 1.807) is 18.2 Å². The van der Waals surface area contributed by atoms with Gasteiger partial charge in [-0.05, 0) is 48.5 Å². The second kappa shape index (κ2) is 17.6. The molecule has 0 aliphatic rings. The summed E-state index contributed by atoms with van der Waals surface area (Å²) in [5, 5.41) is 26.0. The number of hydrogen-bond donors (Lipinski definition) is 1. The molecule has 0 heterocycles. The third kappa shape index (κ3) is 13.5. The molecule has 3 rings (SSSR count). The van der Waals surface area contributed by atoms with Crippen molar-refractivity contribution < 1.29 is 24.0 Å². The monoisotopic (exact) mass is 558 g/mol. The van der Waals surface area contributed by atoms with E-state index < -0.39 is 10.7 Å². The molecular weight excluding hydrogens is 549 g/mol. The van der Waals surface area contributed by atoms with Crippen molar-refractivity contribution in [1.82, 2.24) is 0 Å². The lowest BCUT2D eigenvalue weighted by atomic mass is 10.3. The fourth-order valence-electron chi connectivity index (χ4n) is 1.87. The van der Waals surface area contributed by atoms with Gasteiger partial charge in [-0.3, -0.25) is 10.1 Å². The number of nitrogens with zero attached hydrogens (tertiary/aromatic N) is 4. The summed E-state index contributed by atoms with van der Waals surface area (Å²) in [6.07, 6.45) is 3.20. The lowest BCUT2D eigenvalue weighted by molar-refractivity contribution is -0.384. The molecule has 9 nitrogen and oxygen atoms in total. The molecule has 0 unspecified atom stereocenters. The number of benzene rings is 3. The number of nitriles is 1. The van der Waals surface area contributed by atoms with Crippen molar-refractivity contribution in [3.8, 4) is 6.26 Å². The number of halogens is 5. The molecule has 3 aromatic rings. The zero-order valence-corrected chi connectivity index (χ0v) is 20.1. The lowest BCUT2D eigenvalue weighted by Gasteiger charge is -1.94. The van der Waals surface area contributed by atoms with Gasteiger partial charge in [-0.1, -0.05) is 52.5 Å². The predicted molar refractivity (Wildman–Crippen MR) is 129 cm³/mol. The van der Waals surface area contributed by atoms with Crippen LogP contribution >= 0.6 is 46.4 Å². The average Bonchev–Trinajstić information content (AvgIpc) is 2.77. The SMILES string of the molecule is Clc1cccc(Cl)c1.N#CO.O=C=Nc1cc(Cl)ccc1[N+](=O)[O-].O=C=Nc1ccc(Cl)cc1F. The van der Waals surface area contributed by atoms with Crippen molar-refractivity contribution in [3.05, 3.63) is 96.7 Å². The highest BCUT2D eigenvalue weighted by Crippen LogP contribution is 2.29. The first kappa shape index (κ1) is 31.2. The van der Waals surface area contributed by atoms with Gasteiger partial charge in [0.25, 0.3) is 11.9 Å². The fourth-order valence-corrected chi connectivity index (χ4v) is 2.63. The van der Waals surface area contributed by atoms with Gasteiger partial charge in [0, 0.05) is 26.2 Å². The van der Waals surface area contributed by atoms with E-state index in [0.29, 0.717) is 10.0 Å². The van der Waals surface area contributed by atoms with Crippen LogP contribution in [0.5, 0.6) is 0 Å². The second-order valence-corrected chi connectivity index (χ2v) is 7.18. The Hall–Kier alpha value is -3.80. The molecule has 0 aromatic heterocycles. The smallest absolute Gasteiger partial charge is 0.295 e. The van der Waals surface area contributed by atoms with E-state index in [-0.39, 0.29) is 27.1 Å². The Morgan fingerprint density at radius 1 is 0.829 bits per heavy atom. The molecular formula is C21H11Cl4FN4O5. The van der Waals surface area contributed by atoms with Gasteiger partial charge in [-0.2, -0.15) is 15.2 Å². The van der Waals surface area contributed by atoms with Gasteiger partial charge >= 0.3 is 0 Å². The van der Waals surface area contributed by atoms with Crippen LogP contribution in [-0.2, 0) is 9.59 Å². The number of nitro groups is 1. The minimum Gasteiger partial charge on any atom is -0.443 e. The van der Waals surface area contributed by atoms with Gasteiger partial charge in [0.15, 0.2) is 11.5 Å². The summed E-state index contributed by atoms with van der Waals surface area (Å²) >= 11 is 22.1. The summed E-state index contributed by atoms with van der Waals surface area (Å²) in [6.45, 7) is 0. The van der Waals surface area contributed by atoms with Crippen molar-refractivity contribution in [2.45, 2.75) is 0 Å². The normalized spacial score (nSPS) is 8.46. The molecule has 14 heteroatoms. The van der Waals surface area contributed by atoms with Crippen LogP contribution in [0.4, 0.5) is 21.5 Å². The van der Waals surface area contributed by atoms with Crippen LogP contribution in [0.2, 0.25) is 20.1 Å². The minimum absolute atomic E-state index is 0.0515. The number of carbonyl (C=O) groups excluding carboxylic acids is 2. The molecule has 0 saturated heterocycles. The first-order valence-corrected chi connectivity index (χ1v) is 10.1. The molecule has 0 radical (unpaired) electrons. The number of aliphatic hydroxyl groups is 1. The average molecular weight is 560 g/mol. The molecule has 0 aliphatic carbocycles.